The van der Waals surface area contributed by atoms with Gasteiger partial charge in [0.15, 0.2) is 0 Å². The van der Waals surface area contributed by atoms with Crippen molar-refractivity contribution in [2.24, 2.45) is 5.92 Å². The van der Waals surface area contributed by atoms with Gasteiger partial charge in [0.25, 0.3) is 0 Å². The number of benzene rings is 1. The van der Waals surface area contributed by atoms with E-state index in [-0.39, 0.29) is 0 Å². The molecule has 1 radical (unpaired) electrons. The predicted octanol–water partition coefficient (Wildman–Crippen LogP) is 3.80. The van der Waals surface area contributed by atoms with E-state index < -0.39 is 0 Å². The Morgan fingerprint density at radius 3 is 2.67 bits per heavy atom. The molecular formula is C11H12Br. The third-order valence-electron chi connectivity index (χ3n) is 2.42. The molecule has 0 saturated heterocycles. The molecule has 1 aliphatic rings. The highest BCUT2D eigenvalue weighted by molar-refractivity contribution is 9.10. The lowest BCUT2D eigenvalue weighted by atomic mass is 9.72. The summed E-state index contributed by atoms with van der Waals surface area (Å²) in [5.74, 6) is 2.52. The molecule has 1 aromatic carbocycles. The van der Waals surface area contributed by atoms with Crippen molar-refractivity contribution in [3.63, 3.8) is 0 Å². The summed E-state index contributed by atoms with van der Waals surface area (Å²) in [4.78, 5) is 0. The van der Waals surface area contributed by atoms with Gasteiger partial charge >= 0.3 is 0 Å². The van der Waals surface area contributed by atoms with Gasteiger partial charge in [0.2, 0.25) is 0 Å². The molecule has 2 rings (SSSR count). The Bertz CT molecular complexity index is 274. The van der Waals surface area contributed by atoms with Gasteiger partial charge in [0.1, 0.15) is 0 Å². The zero-order chi connectivity index (χ0) is 8.55. The van der Waals surface area contributed by atoms with Crippen molar-refractivity contribution < 1.29 is 0 Å². The average Bonchev–Trinajstić information content (AvgIpc) is 1.99. The Kier molecular flexibility index (Phi) is 2.22. The zero-order valence-corrected chi connectivity index (χ0v) is 8.76. The number of hydrogen-bond donors (Lipinski definition) is 0. The number of rotatable bonds is 1. The van der Waals surface area contributed by atoms with Crippen molar-refractivity contribution in [2.45, 2.75) is 19.8 Å². The normalized spacial score (nSPS) is 19.2. The van der Waals surface area contributed by atoms with E-state index in [1.165, 1.54) is 22.9 Å². The smallest absolute Gasteiger partial charge is 0.0178 e. The Balaban J connectivity index is 2.13. The van der Waals surface area contributed by atoms with Crippen molar-refractivity contribution in [1.82, 2.24) is 0 Å². The van der Waals surface area contributed by atoms with Crippen LogP contribution in [0.5, 0.6) is 0 Å². The van der Waals surface area contributed by atoms with Crippen LogP contribution in [0.25, 0.3) is 0 Å². The van der Waals surface area contributed by atoms with E-state index in [0.717, 1.165) is 5.92 Å². The van der Waals surface area contributed by atoms with Crippen molar-refractivity contribution in [3.8, 4) is 0 Å². The first-order valence-electron chi connectivity index (χ1n) is 4.36. The fraction of sp³-hybridized carbons (Fsp3) is 0.364. The van der Waals surface area contributed by atoms with Crippen LogP contribution >= 0.6 is 15.9 Å². The largest absolute Gasteiger partial charge is 0.0624 e. The quantitative estimate of drug-likeness (QED) is 0.680. The molecule has 0 aliphatic heterocycles. The van der Waals surface area contributed by atoms with E-state index in [4.69, 9.17) is 0 Å². The lowest BCUT2D eigenvalue weighted by molar-refractivity contribution is 0.404. The summed E-state index contributed by atoms with van der Waals surface area (Å²) >= 11 is 3.49. The molecule has 63 valence electrons. The molecule has 0 heterocycles. The van der Waals surface area contributed by atoms with Gasteiger partial charge in [-0.1, -0.05) is 35.0 Å². The maximum atomic E-state index is 3.49. The Morgan fingerprint density at radius 2 is 2.08 bits per heavy atom. The summed E-state index contributed by atoms with van der Waals surface area (Å²) in [7, 11) is 0. The van der Waals surface area contributed by atoms with Gasteiger partial charge in [0, 0.05) is 10.4 Å². The first kappa shape index (κ1) is 8.31. The average molecular weight is 224 g/mol. The van der Waals surface area contributed by atoms with Gasteiger partial charge < -0.3 is 0 Å². The van der Waals surface area contributed by atoms with E-state index in [0.29, 0.717) is 0 Å². The van der Waals surface area contributed by atoms with Gasteiger partial charge in [0.05, 0.1) is 0 Å². The van der Waals surface area contributed by atoms with E-state index in [2.05, 4.69) is 47.1 Å². The van der Waals surface area contributed by atoms with Gasteiger partial charge in [-0.2, -0.15) is 0 Å². The van der Waals surface area contributed by atoms with Crippen molar-refractivity contribution in [1.29, 1.82) is 0 Å². The molecular weight excluding hydrogens is 212 g/mol. The molecule has 1 heteroatoms. The molecule has 0 N–H and O–H groups in total. The predicted molar refractivity (Wildman–Crippen MR) is 54.9 cm³/mol. The van der Waals surface area contributed by atoms with Crippen LogP contribution in [0.15, 0.2) is 28.7 Å². The van der Waals surface area contributed by atoms with Crippen molar-refractivity contribution in [3.05, 3.63) is 40.2 Å². The molecule has 1 fully saturated rings. The molecule has 1 aliphatic carbocycles. The summed E-state index contributed by atoms with van der Waals surface area (Å²) < 4.78 is 1.19. The van der Waals surface area contributed by atoms with Crippen molar-refractivity contribution in [2.75, 3.05) is 0 Å². The third-order valence-corrected chi connectivity index (χ3v) is 2.92. The van der Waals surface area contributed by atoms with Crippen LogP contribution in [-0.2, 0) is 0 Å². The van der Waals surface area contributed by atoms with Crippen LogP contribution in [0.2, 0.25) is 0 Å². The number of hydrogen-bond acceptors (Lipinski definition) is 0. The Hall–Kier alpha value is -0.300. The summed E-state index contributed by atoms with van der Waals surface area (Å²) in [5.41, 5.74) is 1.42. The zero-order valence-electron chi connectivity index (χ0n) is 7.18. The second-order valence-electron chi connectivity index (χ2n) is 3.63. The van der Waals surface area contributed by atoms with E-state index in [9.17, 15) is 0 Å². The van der Waals surface area contributed by atoms with Gasteiger partial charge in [-0.3, -0.25) is 0 Å². The van der Waals surface area contributed by atoms with E-state index in [1.807, 2.05) is 0 Å². The maximum Gasteiger partial charge on any atom is 0.0178 e. The van der Waals surface area contributed by atoms with E-state index >= 15 is 0 Å². The summed E-state index contributed by atoms with van der Waals surface area (Å²) in [6, 6.07) is 8.59. The topological polar surface area (TPSA) is 0 Å². The molecule has 12 heavy (non-hydrogen) atoms. The minimum Gasteiger partial charge on any atom is -0.0624 e. The van der Waals surface area contributed by atoms with Crippen LogP contribution in [0.1, 0.15) is 25.3 Å². The minimum absolute atomic E-state index is 0.902. The second-order valence-corrected chi connectivity index (χ2v) is 4.54. The van der Waals surface area contributed by atoms with Crippen LogP contribution in [-0.4, -0.2) is 0 Å². The SMILES string of the molecule is CC1C[C](c2cccc(Br)c2)C1. The van der Waals surface area contributed by atoms with Gasteiger partial charge in [-0.15, -0.1) is 0 Å². The first-order chi connectivity index (χ1) is 5.75. The van der Waals surface area contributed by atoms with Gasteiger partial charge in [-0.05, 0) is 36.5 Å². The maximum absolute atomic E-state index is 3.49. The van der Waals surface area contributed by atoms with Gasteiger partial charge in [-0.25, -0.2) is 0 Å². The molecule has 0 unspecified atom stereocenters. The number of halogens is 1. The summed E-state index contributed by atoms with van der Waals surface area (Å²) in [6.45, 7) is 2.31. The molecule has 0 aromatic heterocycles. The molecule has 1 aromatic rings. The second kappa shape index (κ2) is 3.21. The van der Waals surface area contributed by atoms with Crippen LogP contribution in [0, 0.1) is 11.8 Å². The highest BCUT2D eigenvalue weighted by Crippen LogP contribution is 2.40. The summed E-state index contributed by atoms with van der Waals surface area (Å²) in [6.07, 6.45) is 2.58. The lowest BCUT2D eigenvalue weighted by Gasteiger charge is -2.32. The Labute approximate surface area is 82.1 Å². The van der Waals surface area contributed by atoms with Crippen LogP contribution < -0.4 is 0 Å². The molecule has 1 saturated carbocycles. The molecule has 0 amide bonds. The van der Waals surface area contributed by atoms with Crippen LogP contribution in [0.3, 0.4) is 0 Å². The molecule has 0 nitrogen and oxygen atoms in total. The standard InChI is InChI=1S/C11H12Br/c1-8-5-10(6-8)9-3-2-4-11(12)7-9/h2-4,7-8H,5-6H2,1H3. The highest BCUT2D eigenvalue weighted by Gasteiger charge is 2.27. The fourth-order valence-electron chi connectivity index (χ4n) is 1.73. The fourth-order valence-corrected chi connectivity index (χ4v) is 2.12. The summed E-state index contributed by atoms with van der Waals surface area (Å²) in [5, 5.41) is 0. The van der Waals surface area contributed by atoms with Crippen molar-refractivity contribution >= 4 is 15.9 Å². The monoisotopic (exact) mass is 223 g/mol. The lowest BCUT2D eigenvalue weighted by Crippen LogP contribution is -2.19. The highest BCUT2D eigenvalue weighted by atomic mass is 79.9. The molecule has 0 bridgehead atoms. The molecule has 0 spiro atoms. The van der Waals surface area contributed by atoms with E-state index in [1.54, 1.807) is 5.92 Å². The third kappa shape index (κ3) is 1.56. The van der Waals surface area contributed by atoms with Crippen LogP contribution in [0.4, 0.5) is 0 Å². The molecule has 0 atom stereocenters. The first-order valence-corrected chi connectivity index (χ1v) is 5.15. The Morgan fingerprint density at radius 1 is 1.33 bits per heavy atom. The minimum atomic E-state index is 0.902.